The van der Waals surface area contributed by atoms with E-state index in [-0.39, 0.29) is 40.2 Å². The van der Waals surface area contributed by atoms with Crippen molar-refractivity contribution in [1.82, 2.24) is 9.62 Å². The molecule has 0 aromatic heterocycles. The second-order valence-electron chi connectivity index (χ2n) is 21.2. The number of allylic oxidation sites excluding steroid dienone is 1. The van der Waals surface area contributed by atoms with Gasteiger partial charge >= 0.3 is 11.9 Å². The number of rotatable bonds is 10. The van der Waals surface area contributed by atoms with Crippen LogP contribution in [0.15, 0.2) is 12.2 Å². The first kappa shape index (κ1) is 40.3. The normalized spacial score (nSPS) is 43.2. The zero-order valence-corrected chi connectivity index (χ0v) is 35.2. The molecule has 1 heterocycles. The van der Waals surface area contributed by atoms with Crippen LogP contribution in [0.1, 0.15) is 145 Å². The van der Waals surface area contributed by atoms with Gasteiger partial charge in [0.2, 0.25) is 0 Å². The smallest absolute Gasteiger partial charge is 0.309 e. The van der Waals surface area contributed by atoms with Crippen molar-refractivity contribution in [1.29, 1.82) is 0 Å². The maximum Gasteiger partial charge on any atom is 0.309 e. The van der Waals surface area contributed by atoms with Gasteiger partial charge in [-0.1, -0.05) is 46.8 Å². The van der Waals surface area contributed by atoms with E-state index >= 15 is 0 Å². The Hall–Kier alpha value is -1.38. The van der Waals surface area contributed by atoms with E-state index in [0.717, 1.165) is 44.7 Å². The summed E-state index contributed by atoms with van der Waals surface area (Å²) in [5.41, 5.74) is 1.25. The van der Waals surface area contributed by atoms with Gasteiger partial charge in [0.15, 0.2) is 0 Å². The number of fused-ring (bicyclic) bond motifs is 7. The summed E-state index contributed by atoms with van der Waals surface area (Å²) in [5, 5.41) is 9.62. The van der Waals surface area contributed by atoms with E-state index in [2.05, 4.69) is 63.6 Å². The van der Waals surface area contributed by atoms with E-state index < -0.39 is 21.1 Å². The van der Waals surface area contributed by atoms with Gasteiger partial charge in [-0.2, -0.15) is 0 Å². The number of likely N-dealkylation sites (tertiary alicyclic amines) is 1. The maximum atomic E-state index is 13.1. The maximum absolute atomic E-state index is 13.1. The van der Waals surface area contributed by atoms with Crippen LogP contribution in [-0.2, 0) is 24.0 Å². The highest BCUT2D eigenvalue weighted by Gasteiger charge is 2.71. The van der Waals surface area contributed by atoms with Crippen molar-refractivity contribution in [2.75, 3.05) is 25.9 Å². The highest BCUT2D eigenvalue weighted by Crippen LogP contribution is 2.78. The van der Waals surface area contributed by atoms with E-state index in [4.69, 9.17) is 4.74 Å². The molecule has 7 nitrogen and oxygen atoms in total. The number of carboxylic acid groups (broad SMARTS) is 1. The van der Waals surface area contributed by atoms with Gasteiger partial charge in [0.05, 0.1) is 11.8 Å². The summed E-state index contributed by atoms with van der Waals surface area (Å²) in [4.78, 5) is 27.5. The lowest BCUT2D eigenvalue weighted by molar-refractivity contribution is -0.250. The van der Waals surface area contributed by atoms with Crippen LogP contribution in [0.4, 0.5) is 0 Å². The van der Waals surface area contributed by atoms with Crippen LogP contribution < -0.4 is 4.72 Å². The molecule has 0 spiro atoms. The van der Waals surface area contributed by atoms with Crippen LogP contribution in [0, 0.1) is 62.1 Å². The van der Waals surface area contributed by atoms with Crippen molar-refractivity contribution in [3.63, 3.8) is 0 Å². The number of carbonyl (C=O) groups is 2. The number of hydrogen-bond donors (Lipinski definition) is 2. The highest BCUT2D eigenvalue weighted by atomic mass is 32.2. The van der Waals surface area contributed by atoms with Crippen molar-refractivity contribution in [3.05, 3.63) is 12.2 Å². The van der Waals surface area contributed by atoms with Gasteiger partial charge in [-0.05, 0) is 181 Å². The minimum atomic E-state index is -2.17. The molecule has 11 atom stereocenters. The topological polar surface area (TPSA) is 95.9 Å². The SMILES string of the molecule is C=C(C)[C@@H]1CC[C@]2(CCN3CCC(NS(=C)(C)=O)CC3)CC[C@]3(C)[C@H](CC[C@@H]4[C@@]5(C)CC[C@H](OC(=O)CC(C)(C)C(=O)O)C(C)(C)[C@@H]5CC[C@]43C)[C@@H]12. The average molecular weight is 743 g/mol. The van der Waals surface area contributed by atoms with Crippen LogP contribution in [0.2, 0.25) is 0 Å². The van der Waals surface area contributed by atoms with E-state index in [1.807, 2.05) is 0 Å². The Labute approximate surface area is 317 Å². The predicted octanol–water partition coefficient (Wildman–Crippen LogP) is 8.76. The fourth-order valence-electron chi connectivity index (χ4n) is 14.5. The minimum Gasteiger partial charge on any atom is -0.481 e. The fraction of sp³-hybridized carbons (Fsp3) is 0.886. The van der Waals surface area contributed by atoms with Crippen LogP contribution in [0.25, 0.3) is 0 Å². The summed E-state index contributed by atoms with van der Waals surface area (Å²) in [5.74, 6) is 5.65. The number of ether oxygens (including phenoxy) is 1. The summed E-state index contributed by atoms with van der Waals surface area (Å²) in [6.45, 7) is 26.2. The number of carboxylic acids is 1. The molecule has 6 aliphatic rings. The molecule has 0 aromatic carbocycles. The highest BCUT2D eigenvalue weighted by molar-refractivity contribution is 7.97. The summed E-state index contributed by atoms with van der Waals surface area (Å²) in [6, 6.07) is 0.312. The number of hydrogen-bond acceptors (Lipinski definition) is 5. The van der Waals surface area contributed by atoms with Gasteiger partial charge in [0.25, 0.3) is 0 Å². The van der Waals surface area contributed by atoms with Gasteiger partial charge in [0, 0.05) is 27.4 Å². The van der Waals surface area contributed by atoms with Gasteiger partial charge in [-0.15, -0.1) is 0 Å². The third-order valence-corrected chi connectivity index (χ3v) is 18.4. The Balaban J connectivity index is 1.19. The zero-order chi connectivity index (χ0) is 38.3. The number of nitrogens with zero attached hydrogens (tertiary/aromatic N) is 1. The molecular formula is C44H74N2O5S. The third-order valence-electron chi connectivity index (χ3n) is 17.5. The zero-order valence-electron chi connectivity index (χ0n) is 34.4. The summed E-state index contributed by atoms with van der Waals surface area (Å²) in [7, 11) is -2.17. The molecule has 5 aliphatic carbocycles. The molecule has 0 amide bonds. The van der Waals surface area contributed by atoms with Crippen LogP contribution in [0.3, 0.4) is 0 Å². The Morgan fingerprint density at radius 3 is 2.19 bits per heavy atom. The van der Waals surface area contributed by atoms with Crippen molar-refractivity contribution < 1.29 is 23.6 Å². The molecular weight excluding hydrogens is 669 g/mol. The Morgan fingerprint density at radius 2 is 1.58 bits per heavy atom. The lowest BCUT2D eigenvalue weighted by Crippen LogP contribution is -2.66. The number of piperidine rings is 1. The lowest BCUT2D eigenvalue weighted by atomic mass is 9.32. The minimum absolute atomic E-state index is 0.0964. The number of nitrogens with one attached hydrogen (secondary N) is 1. The first-order valence-electron chi connectivity index (χ1n) is 20.9. The second kappa shape index (κ2) is 13.7. The van der Waals surface area contributed by atoms with Crippen molar-refractivity contribution in [3.8, 4) is 0 Å². The molecule has 296 valence electrons. The van der Waals surface area contributed by atoms with Crippen molar-refractivity contribution >= 4 is 27.5 Å². The monoisotopic (exact) mass is 743 g/mol. The predicted molar refractivity (Wildman–Crippen MR) is 213 cm³/mol. The third kappa shape index (κ3) is 6.77. The molecule has 2 N–H and O–H groups in total. The molecule has 1 unspecified atom stereocenters. The first-order chi connectivity index (χ1) is 24.0. The summed E-state index contributed by atoms with van der Waals surface area (Å²) >= 11 is 0. The summed E-state index contributed by atoms with van der Waals surface area (Å²) < 4.78 is 21.8. The molecule has 0 bridgehead atoms. The number of esters is 1. The second-order valence-corrected chi connectivity index (χ2v) is 23.5. The van der Waals surface area contributed by atoms with E-state index in [9.17, 15) is 18.9 Å². The van der Waals surface area contributed by atoms with Crippen LogP contribution in [0.5, 0.6) is 0 Å². The first-order valence-corrected chi connectivity index (χ1v) is 23.0. The molecule has 1 saturated heterocycles. The molecule has 1 aliphatic heterocycles. The number of carbonyl (C=O) groups excluding carboxylic acids is 1. The van der Waals surface area contributed by atoms with Gasteiger partial charge in [0.1, 0.15) is 6.10 Å². The van der Waals surface area contributed by atoms with Crippen molar-refractivity contribution in [2.45, 2.75) is 157 Å². The fourth-order valence-corrected chi connectivity index (χ4v) is 15.5. The molecule has 8 heteroatoms. The van der Waals surface area contributed by atoms with Crippen molar-refractivity contribution in [2.24, 2.45) is 62.1 Å². The van der Waals surface area contributed by atoms with E-state index in [1.165, 1.54) is 69.9 Å². The Kier molecular flexibility index (Phi) is 10.6. The van der Waals surface area contributed by atoms with Crippen LogP contribution >= 0.6 is 0 Å². The molecule has 0 aromatic rings. The number of aliphatic carboxylic acids is 1. The average Bonchev–Trinajstić information content (AvgIpc) is 3.42. The Morgan fingerprint density at radius 1 is 0.904 bits per heavy atom. The van der Waals surface area contributed by atoms with Gasteiger partial charge in [-0.25, -0.2) is 4.72 Å². The Bertz CT molecular complexity index is 1510. The molecule has 52 heavy (non-hydrogen) atoms. The molecule has 6 fully saturated rings. The van der Waals surface area contributed by atoms with E-state index in [1.54, 1.807) is 20.1 Å². The van der Waals surface area contributed by atoms with Crippen LogP contribution in [-0.4, -0.2) is 70.1 Å². The van der Waals surface area contributed by atoms with E-state index in [0.29, 0.717) is 35.1 Å². The summed E-state index contributed by atoms with van der Waals surface area (Å²) in [6.07, 6.45) is 17.1. The lowest BCUT2D eigenvalue weighted by Gasteiger charge is -2.73. The van der Waals surface area contributed by atoms with Gasteiger partial charge in [-0.3, -0.25) is 13.8 Å². The molecule has 0 radical (unpaired) electrons. The van der Waals surface area contributed by atoms with Gasteiger partial charge < -0.3 is 14.7 Å². The molecule has 5 saturated carbocycles. The largest absolute Gasteiger partial charge is 0.481 e. The standard InChI is InChI=1S/C44H74N2O5S/c1-29(2)31-14-21-44(24-27-46-25-17-30(18-26-46)45-52(10,11)50)23-22-42(8)32(37(31)44)12-13-34-41(7)19-16-35(51-36(47)28-39(3,4)38(48)49)40(5,6)33(41)15-20-43(34,42)9/h30-35,37H,1,10,12-28H2,2-9,11H3,(H,45,50)(H,48,49)/t31-,32+,33-,34+,35-,37+,41-,42+,43+,44+,52?/m0/s1. The quantitative estimate of drug-likeness (QED) is 0.132. The molecule has 6 rings (SSSR count).